The summed E-state index contributed by atoms with van der Waals surface area (Å²) >= 11 is 0. The summed E-state index contributed by atoms with van der Waals surface area (Å²) in [6, 6.07) is 6.52. The lowest BCUT2D eigenvalue weighted by Crippen LogP contribution is -2.39. The molecular weight excluding hydrogens is 406 g/mol. The second-order valence-corrected chi connectivity index (χ2v) is 7.68. The molecule has 0 aliphatic carbocycles. The lowest BCUT2D eigenvalue weighted by Gasteiger charge is -2.31. The minimum atomic E-state index is -0.965. The van der Waals surface area contributed by atoms with E-state index in [1.54, 1.807) is 12.1 Å². The Hall–Kier alpha value is -3.49. The average Bonchev–Trinajstić information content (AvgIpc) is 2.76. The molecule has 1 aliphatic heterocycles. The highest BCUT2D eigenvalue weighted by atomic mass is 19.1. The highest BCUT2D eigenvalue weighted by Gasteiger charge is 2.22. The van der Waals surface area contributed by atoms with Crippen LogP contribution in [0.15, 0.2) is 39.9 Å². The number of hydrogen-bond donors (Lipinski definition) is 1. The highest BCUT2D eigenvalue weighted by Crippen LogP contribution is 2.33. The normalized spacial score (nSPS) is 14.1. The maximum atomic E-state index is 14.1. The number of carbonyl (C=O) groups is 1. The Morgan fingerprint density at radius 2 is 1.45 bits per heavy atom. The van der Waals surface area contributed by atoms with Crippen LogP contribution in [0.1, 0.15) is 29.6 Å². The molecule has 0 unspecified atom stereocenters. The van der Waals surface area contributed by atoms with Crippen molar-refractivity contribution in [3.8, 4) is 0 Å². The second-order valence-electron chi connectivity index (χ2n) is 7.68. The zero-order chi connectivity index (χ0) is 22.3. The predicted molar refractivity (Wildman–Crippen MR) is 115 cm³/mol. The van der Waals surface area contributed by atoms with Crippen LogP contribution in [0.4, 0.5) is 20.2 Å². The second kappa shape index (κ2) is 7.98. The summed E-state index contributed by atoms with van der Waals surface area (Å²) in [5.74, 6) is -2.86. The number of nitrogens with one attached hydrogen (secondary N) is 1. The lowest BCUT2D eigenvalue weighted by atomic mass is 10.1. The molecule has 1 amide bonds. The number of hydrogen-bond acceptors (Lipinski definition) is 4. The molecule has 0 spiro atoms. The summed E-state index contributed by atoms with van der Waals surface area (Å²) in [6.45, 7) is 1.48. The summed E-state index contributed by atoms with van der Waals surface area (Å²) in [5.41, 5.74) is -0.175. The quantitative estimate of drug-likeness (QED) is 0.651. The molecule has 31 heavy (non-hydrogen) atoms. The molecule has 0 bridgehead atoms. The topological polar surface area (TPSA) is 76.3 Å². The van der Waals surface area contributed by atoms with Crippen molar-refractivity contribution in [1.29, 1.82) is 0 Å². The molecule has 162 valence electrons. The number of piperidine rings is 1. The predicted octanol–water partition coefficient (Wildman–Crippen LogP) is 2.76. The SMILES string of the molecule is Cn1c(=O)c(=O)n(C)c2cc(N3CCCCC3)c(NC(=O)c3c(F)cccc3F)cc21. The molecular formula is C22H22F2N4O3. The molecule has 0 radical (unpaired) electrons. The Bertz CT molecular complexity index is 1290. The van der Waals surface area contributed by atoms with Gasteiger partial charge >= 0.3 is 11.1 Å². The van der Waals surface area contributed by atoms with Crippen LogP contribution in [-0.4, -0.2) is 28.1 Å². The minimum absolute atomic E-state index is 0.315. The number of amides is 1. The number of aryl methyl sites for hydroxylation is 2. The van der Waals surface area contributed by atoms with Crippen molar-refractivity contribution >= 4 is 28.3 Å². The van der Waals surface area contributed by atoms with Gasteiger partial charge < -0.3 is 19.4 Å². The molecule has 1 aliphatic rings. The number of benzene rings is 2. The van der Waals surface area contributed by atoms with Crippen LogP contribution < -0.4 is 21.3 Å². The van der Waals surface area contributed by atoms with Crippen molar-refractivity contribution in [2.24, 2.45) is 14.1 Å². The van der Waals surface area contributed by atoms with E-state index in [9.17, 15) is 23.2 Å². The van der Waals surface area contributed by atoms with E-state index in [0.717, 1.165) is 44.5 Å². The molecule has 2 aromatic carbocycles. The van der Waals surface area contributed by atoms with Gasteiger partial charge in [0.25, 0.3) is 5.91 Å². The van der Waals surface area contributed by atoms with Crippen LogP contribution in [0.25, 0.3) is 11.0 Å². The van der Waals surface area contributed by atoms with Gasteiger partial charge in [0, 0.05) is 27.2 Å². The van der Waals surface area contributed by atoms with Gasteiger partial charge in [0.05, 0.1) is 22.4 Å². The first kappa shape index (κ1) is 20.8. The van der Waals surface area contributed by atoms with Gasteiger partial charge in [0.15, 0.2) is 0 Å². The van der Waals surface area contributed by atoms with E-state index in [2.05, 4.69) is 10.2 Å². The van der Waals surface area contributed by atoms with Crippen LogP contribution in [0.2, 0.25) is 0 Å². The van der Waals surface area contributed by atoms with Crippen molar-refractivity contribution in [1.82, 2.24) is 9.13 Å². The first-order valence-corrected chi connectivity index (χ1v) is 10.0. The van der Waals surface area contributed by atoms with Gasteiger partial charge in [-0.2, -0.15) is 0 Å². The molecule has 1 fully saturated rings. The fourth-order valence-electron chi connectivity index (χ4n) is 4.00. The van der Waals surface area contributed by atoms with Crippen LogP contribution in [0.3, 0.4) is 0 Å². The van der Waals surface area contributed by atoms with Gasteiger partial charge in [0.2, 0.25) is 0 Å². The van der Waals surface area contributed by atoms with Crippen molar-refractivity contribution in [2.45, 2.75) is 19.3 Å². The monoisotopic (exact) mass is 428 g/mol. The maximum Gasteiger partial charge on any atom is 0.316 e. The van der Waals surface area contributed by atoms with Gasteiger partial charge in [-0.1, -0.05) is 6.07 Å². The smallest absolute Gasteiger partial charge is 0.316 e. The van der Waals surface area contributed by atoms with E-state index in [1.807, 2.05) is 0 Å². The number of halogens is 2. The molecule has 4 rings (SSSR count). The highest BCUT2D eigenvalue weighted by molar-refractivity contribution is 6.07. The third-order valence-corrected chi connectivity index (χ3v) is 5.74. The van der Waals surface area contributed by atoms with E-state index in [0.29, 0.717) is 22.4 Å². The van der Waals surface area contributed by atoms with E-state index >= 15 is 0 Å². The van der Waals surface area contributed by atoms with E-state index in [1.165, 1.54) is 29.3 Å². The molecule has 1 saturated heterocycles. The first-order chi connectivity index (χ1) is 14.8. The lowest BCUT2D eigenvalue weighted by molar-refractivity contribution is 0.101. The Labute approximate surface area is 176 Å². The first-order valence-electron chi connectivity index (χ1n) is 10.0. The van der Waals surface area contributed by atoms with Gasteiger partial charge in [-0.05, 0) is 43.5 Å². The number of rotatable bonds is 3. The molecule has 0 atom stereocenters. The van der Waals surface area contributed by atoms with Crippen LogP contribution in [0.5, 0.6) is 0 Å². The van der Waals surface area contributed by atoms with Crippen molar-refractivity contribution < 1.29 is 13.6 Å². The molecule has 1 N–H and O–H groups in total. The molecule has 1 aromatic heterocycles. The Kier molecular flexibility index (Phi) is 5.34. The van der Waals surface area contributed by atoms with Gasteiger partial charge in [-0.3, -0.25) is 14.4 Å². The van der Waals surface area contributed by atoms with Crippen molar-refractivity contribution in [3.63, 3.8) is 0 Å². The number of aromatic nitrogens is 2. The van der Waals surface area contributed by atoms with Gasteiger partial charge in [-0.15, -0.1) is 0 Å². The van der Waals surface area contributed by atoms with Gasteiger partial charge in [-0.25, -0.2) is 8.78 Å². The average molecular weight is 428 g/mol. The fourth-order valence-corrected chi connectivity index (χ4v) is 4.00. The summed E-state index contributed by atoms with van der Waals surface area (Å²) in [6.07, 6.45) is 3.00. The van der Waals surface area contributed by atoms with E-state index < -0.39 is 34.2 Å². The number of anilines is 2. The Morgan fingerprint density at radius 1 is 0.903 bits per heavy atom. The fraction of sp³-hybridized carbons (Fsp3) is 0.318. The third-order valence-electron chi connectivity index (χ3n) is 5.74. The maximum absolute atomic E-state index is 14.1. The Balaban J connectivity index is 1.90. The third kappa shape index (κ3) is 3.60. The molecule has 9 heteroatoms. The van der Waals surface area contributed by atoms with Gasteiger partial charge in [0.1, 0.15) is 17.2 Å². The van der Waals surface area contributed by atoms with Crippen molar-refractivity contribution in [3.05, 3.63) is 68.2 Å². The summed E-state index contributed by atoms with van der Waals surface area (Å²) < 4.78 is 30.7. The van der Waals surface area contributed by atoms with Crippen LogP contribution in [0, 0.1) is 11.6 Å². The number of nitrogens with zero attached hydrogens (tertiary/aromatic N) is 3. The molecule has 3 aromatic rings. The zero-order valence-corrected chi connectivity index (χ0v) is 17.2. The molecule has 2 heterocycles. The van der Waals surface area contributed by atoms with Crippen molar-refractivity contribution in [2.75, 3.05) is 23.3 Å². The molecule has 0 saturated carbocycles. The van der Waals surface area contributed by atoms with E-state index in [-0.39, 0.29) is 0 Å². The van der Waals surface area contributed by atoms with Crippen LogP contribution >= 0.6 is 0 Å². The Morgan fingerprint density at radius 3 is 2.03 bits per heavy atom. The number of carbonyl (C=O) groups excluding carboxylic acids is 1. The standard InChI is InChI=1S/C22H22F2N4O3/c1-26-17-11-15(25-20(29)19-13(23)7-6-8-14(19)24)16(28-9-4-3-5-10-28)12-18(17)27(2)22(31)21(26)30/h6-8,11-12H,3-5,9-10H2,1-2H3,(H,25,29). The summed E-state index contributed by atoms with van der Waals surface area (Å²) in [4.78, 5) is 39.4. The number of fused-ring (bicyclic) bond motifs is 1. The van der Waals surface area contributed by atoms with E-state index in [4.69, 9.17) is 0 Å². The summed E-state index contributed by atoms with van der Waals surface area (Å²) in [5, 5.41) is 2.62. The minimum Gasteiger partial charge on any atom is -0.370 e. The summed E-state index contributed by atoms with van der Waals surface area (Å²) in [7, 11) is 2.98. The molecule has 7 nitrogen and oxygen atoms in total. The largest absolute Gasteiger partial charge is 0.370 e. The zero-order valence-electron chi connectivity index (χ0n) is 17.2. The van der Waals surface area contributed by atoms with Crippen LogP contribution in [-0.2, 0) is 14.1 Å².